The molecular weight excluding hydrogens is 412 g/mol. The normalized spacial score (nSPS) is 13.1. The number of fused-ring (bicyclic) bond motifs is 2. The number of benzene rings is 3. The van der Waals surface area contributed by atoms with Crippen LogP contribution in [0.5, 0.6) is 11.5 Å². The predicted molar refractivity (Wildman–Crippen MR) is 120 cm³/mol. The van der Waals surface area contributed by atoms with E-state index in [-0.39, 0.29) is 17.2 Å². The first kappa shape index (κ1) is 19.3. The van der Waals surface area contributed by atoms with Crippen LogP contribution in [0.25, 0.3) is 20.8 Å². The van der Waals surface area contributed by atoms with Gasteiger partial charge in [0.1, 0.15) is 5.01 Å². The molecule has 7 heteroatoms. The zero-order chi connectivity index (χ0) is 21.7. The number of nitrogens with zero attached hydrogens (tertiary/aromatic N) is 2. The van der Waals surface area contributed by atoms with Gasteiger partial charge in [0.15, 0.2) is 11.5 Å². The number of hydrogen-bond donors (Lipinski definition) is 0. The predicted octanol–water partition coefficient (Wildman–Crippen LogP) is 5.09. The van der Waals surface area contributed by atoms with Crippen molar-refractivity contribution in [2.45, 2.75) is 6.92 Å². The lowest BCUT2D eigenvalue weighted by molar-refractivity contribution is 0.0925. The monoisotopic (exact) mass is 430 g/mol. The second-order valence-corrected chi connectivity index (χ2v) is 8.24. The van der Waals surface area contributed by atoms with E-state index in [2.05, 4.69) is 13.0 Å². The van der Waals surface area contributed by atoms with Gasteiger partial charge in [-0.1, -0.05) is 6.07 Å². The number of aromatic nitrogens is 1. The third-order valence-electron chi connectivity index (χ3n) is 5.31. The van der Waals surface area contributed by atoms with Gasteiger partial charge in [0.05, 0.1) is 41.3 Å². The fraction of sp³-hybridized carbons (Fsp3) is 0.125. The van der Waals surface area contributed by atoms with Gasteiger partial charge in [-0.05, 0) is 61.0 Å². The van der Waals surface area contributed by atoms with E-state index in [4.69, 9.17) is 14.5 Å². The molecule has 0 unspecified atom stereocenters. The average molecular weight is 430 g/mol. The Morgan fingerprint density at radius 2 is 1.68 bits per heavy atom. The molecule has 0 aliphatic carbocycles. The minimum Gasteiger partial charge on any atom is -0.493 e. The number of aryl methyl sites for hydroxylation is 1. The highest BCUT2D eigenvalue weighted by Gasteiger charge is 2.40. The first-order valence-electron chi connectivity index (χ1n) is 9.63. The van der Waals surface area contributed by atoms with Gasteiger partial charge in [-0.25, -0.2) is 9.88 Å². The summed E-state index contributed by atoms with van der Waals surface area (Å²) in [5.41, 5.74) is 4.09. The van der Waals surface area contributed by atoms with Gasteiger partial charge in [-0.3, -0.25) is 9.59 Å². The first-order valence-corrected chi connectivity index (χ1v) is 10.4. The molecular formula is C24H18N2O4S. The molecule has 0 saturated heterocycles. The van der Waals surface area contributed by atoms with Crippen molar-refractivity contribution in [2.75, 3.05) is 19.1 Å². The van der Waals surface area contributed by atoms with E-state index in [9.17, 15) is 9.59 Å². The van der Waals surface area contributed by atoms with Gasteiger partial charge >= 0.3 is 0 Å². The number of anilines is 1. The molecule has 0 spiro atoms. The van der Waals surface area contributed by atoms with Crippen molar-refractivity contribution in [3.8, 4) is 22.1 Å². The zero-order valence-electron chi connectivity index (χ0n) is 17.1. The molecule has 2 amide bonds. The molecule has 4 aromatic rings. The summed E-state index contributed by atoms with van der Waals surface area (Å²) < 4.78 is 11.8. The minimum atomic E-state index is -0.432. The Hall–Kier alpha value is -3.71. The molecule has 5 rings (SSSR count). The molecule has 0 bridgehead atoms. The van der Waals surface area contributed by atoms with Crippen LogP contribution in [0.3, 0.4) is 0 Å². The molecule has 1 aliphatic rings. The third kappa shape index (κ3) is 2.97. The fourth-order valence-electron chi connectivity index (χ4n) is 3.78. The van der Waals surface area contributed by atoms with Crippen molar-refractivity contribution in [3.05, 3.63) is 71.3 Å². The maximum absolute atomic E-state index is 13.1. The Balaban J connectivity index is 1.51. The number of amides is 2. The van der Waals surface area contributed by atoms with E-state index in [0.29, 0.717) is 17.0 Å². The van der Waals surface area contributed by atoms with Gasteiger partial charge in [-0.2, -0.15) is 0 Å². The Bertz CT molecular complexity index is 1360. The Morgan fingerprint density at radius 1 is 0.903 bits per heavy atom. The summed E-state index contributed by atoms with van der Waals surface area (Å²) in [4.78, 5) is 32.0. The summed E-state index contributed by atoms with van der Waals surface area (Å²) in [6.45, 7) is 2.06. The van der Waals surface area contributed by atoms with E-state index in [1.807, 2.05) is 24.3 Å². The summed E-state index contributed by atoms with van der Waals surface area (Å²) in [6.07, 6.45) is 0. The number of rotatable bonds is 4. The van der Waals surface area contributed by atoms with Crippen molar-refractivity contribution in [2.24, 2.45) is 0 Å². The Kier molecular flexibility index (Phi) is 4.48. The molecule has 0 atom stereocenters. The van der Waals surface area contributed by atoms with Crippen LogP contribution in [-0.4, -0.2) is 31.0 Å². The summed E-state index contributed by atoms with van der Waals surface area (Å²) >= 11 is 1.61. The largest absolute Gasteiger partial charge is 0.493 e. The second-order valence-electron chi connectivity index (χ2n) is 7.21. The number of hydrogen-bond acceptors (Lipinski definition) is 6. The quantitative estimate of drug-likeness (QED) is 0.422. The molecule has 154 valence electrons. The number of methoxy groups -OCH3 is 2. The minimum absolute atomic E-state index is 0.220. The first-order chi connectivity index (χ1) is 15.0. The molecule has 0 radical (unpaired) electrons. The van der Waals surface area contributed by atoms with Gasteiger partial charge in [-0.15, -0.1) is 11.3 Å². The topological polar surface area (TPSA) is 68.7 Å². The number of imide groups is 1. The SMILES string of the molecule is COc1ccc2c(c1OC)C(=O)N(c1ccc(-c3nc4ccc(C)cc4s3)cc1)C2=O. The molecule has 2 heterocycles. The summed E-state index contributed by atoms with van der Waals surface area (Å²) in [5, 5.41) is 0.890. The van der Waals surface area contributed by atoms with Gasteiger partial charge in [0.25, 0.3) is 11.8 Å². The molecule has 0 saturated carbocycles. The van der Waals surface area contributed by atoms with Crippen molar-refractivity contribution < 1.29 is 19.1 Å². The van der Waals surface area contributed by atoms with E-state index < -0.39 is 5.91 Å². The maximum Gasteiger partial charge on any atom is 0.270 e. The number of carbonyl (C=O) groups is 2. The van der Waals surface area contributed by atoms with Crippen LogP contribution in [0.2, 0.25) is 0 Å². The number of carbonyl (C=O) groups excluding carboxylic acids is 2. The second kappa shape index (κ2) is 7.21. The van der Waals surface area contributed by atoms with Crippen LogP contribution in [0, 0.1) is 6.92 Å². The Morgan fingerprint density at radius 3 is 2.39 bits per heavy atom. The van der Waals surface area contributed by atoms with Crippen LogP contribution in [0.15, 0.2) is 54.6 Å². The standard InChI is InChI=1S/C24H18N2O4S/c1-13-4-10-17-19(12-13)31-22(25-17)14-5-7-15(8-6-14)26-23(27)16-9-11-18(29-2)21(30-3)20(16)24(26)28/h4-12H,1-3H3. The van der Waals surface area contributed by atoms with Gasteiger partial charge < -0.3 is 9.47 Å². The van der Waals surface area contributed by atoms with E-state index in [1.54, 1.807) is 35.6 Å². The number of ether oxygens (including phenoxy) is 2. The Labute approximate surface area is 182 Å². The lowest BCUT2D eigenvalue weighted by atomic mass is 10.1. The van der Waals surface area contributed by atoms with Crippen molar-refractivity contribution in [3.63, 3.8) is 0 Å². The molecule has 1 aromatic heterocycles. The average Bonchev–Trinajstić information content (AvgIpc) is 3.31. The van der Waals surface area contributed by atoms with Crippen molar-refractivity contribution >= 4 is 39.1 Å². The van der Waals surface area contributed by atoms with E-state index in [1.165, 1.54) is 19.8 Å². The number of thiazole rings is 1. The van der Waals surface area contributed by atoms with Gasteiger partial charge in [0.2, 0.25) is 0 Å². The van der Waals surface area contributed by atoms with Crippen LogP contribution < -0.4 is 14.4 Å². The molecule has 6 nitrogen and oxygen atoms in total. The van der Waals surface area contributed by atoms with E-state index in [0.717, 1.165) is 25.7 Å². The van der Waals surface area contributed by atoms with Crippen molar-refractivity contribution in [1.82, 2.24) is 4.98 Å². The lowest BCUT2D eigenvalue weighted by Crippen LogP contribution is -2.29. The maximum atomic E-state index is 13.1. The molecule has 1 aliphatic heterocycles. The molecule has 31 heavy (non-hydrogen) atoms. The van der Waals surface area contributed by atoms with Crippen LogP contribution in [-0.2, 0) is 0 Å². The molecule has 0 fully saturated rings. The highest BCUT2D eigenvalue weighted by atomic mass is 32.1. The highest BCUT2D eigenvalue weighted by Crippen LogP contribution is 2.40. The smallest absolute Gasteiger partial charge is 0.270 e. The highest BCUT2D eigenvalue weighted by molar-refractivity contribution is 7.21. The van der Waals surface area contributed by atoms with Gasteiger partial charge in [0, 0.05) is 5.56 Å². The third-order valence-corrected chi connectivity index (χ3v) is 6.38. The van der Waals surface area contributed by atoms with Crippen LogP contribution >= 0.6 is 11.3 Å². The van der Waals surface area contributed by atoms with Crippen LogP contribution in [0.1, 0.15) is 26.3 Å². The molecule has 0 N–H and O–H groups in total. The fourth-order valence-corrected chi connectivity index (χ4v) is 4.85. The zero-order valence-corrected chi connectivity index (χ0v) is 17.9. The summed E-state index contributed by atoms with van der Waals surface area (Å²) in [5.74, 6) is -0.143. The van der Waals surface area contributed by atoms with Crippen molar-refractivity contribution in [1.29, 1.82) is 0 Å². The summed E-state index contributed by atoms with van der Waals surface area (Å²) in [7, 11) is 2.94. The molecule has 3 aromatic carbocycles. The van der Waals surface area contributed by atoms with Crippen LogP contribution in [0.4, 0.5) is 5.69 Å². The summed E-state index contributed by atoms with van der Waals surface area (Å²) in [6, 6.07) is 16.7. The lowest BCUT2D eigenvalue weighted by Gasteiger charge is -2.14. The van der Waals surface area contributed by atoms with E-state index >= 15 is 0 Å².